The molecule has 98 valence electrons. The van der Waals surface area contributed by atoms with Gasteiger partial charge in [-0.15, -0.1) is 10.2 Å². The van der Waals surface area contributed by atoms with E-state index in [0.29, 0.717) is 10.9 Å². The summed E-state index contributed by atoms with van der Waals surface area (Å²) in [5, 5.41) is 8.21. The zero-order chi connectivity index (χ0) is 13.7. The fraction of sp³-hybridized carbons (Fsp3) is 0.231. The second-order valence-corrected chi connectivity index (χ2v) is 5.08. The quantitative estimate of drug-likeness (QED) is 0.629. The molecule has 0 spiro atoms. The summed E-state index contributed by atoms with van der Waals surface area (Å²) in [6.07, 6.45) is 1.65. The Bertz CT molecular complexity index is 546. The second kappa shape index (κ2) is 6.29. The molecule has 19 heavy (non-hydrogen) atoms. The number of rotatable bonds is 4. The summed E-state index contributed by atoms with van der Waals surface area (Å²) < 4.78 is 4.64. The number of carbonyl (C=O) groups is 1. The average molecular weight is 275 g/mol. The van der Waals surface area contributed by atoms with Gasteiger partial charge in [-0.25, -0.2) is 4.98 Å². The summed E-state index contributed by atoms with van der Waals surface area (Å²) in [4.78, 5) is 15.5. The Balaban J connectivity index is 2.09. The van der Waals surface area contributed by atoms with Crippen molar-refractivity contribution in [1.82, 2.24) is 15.2 Å². The third-order valence-corrected chi connectivity index (χ3v) is 3.37. The lowest BCUT2D eigenvalue weighted by Gasteiger charge is -2.06. The Kier molecular flexibility index (Phi) is 4.46. The van der Waals surface area contributed by atoms with Crippen LogP contribution < -0.4 is 0 Å². The van der Waals surface area contributed by atoms with Gasteiger partial charge >= 0.3 is 5.97 Å². The van der Waals surface area contributed by atoms with Crippen molar-refractivity contribution in [3.63, 3.8) is 0 Å². The predicted octanol–water partition coefficient (Wildman–Crippen LogP) is 2.19. The van der Waals surface area contributed by atoms with Gasteiger partial charge in [-0.1, -0.05) is 42.1 Å². The van der Waals surface area contributed by atoms with E-state index in [1.807, 2.05) is 30.3 Å². The Hall–Kier alpha value is -1.95. The molecule has 2 aromatic rings. The second-order valence-electron chi connectivity index (χ2n) is 3.78. The number of methoxy groups -OCH3 is 1. The molecule has 6 heteroatoms. The molecule has 1 heterocycles. The molecule has 0 bridgehead atoms. The summed E-state index contributed by atoms with van der Waals surface area (Å²) in [6, 6.07) is 9.68. The van der Waals surface area contributed by atoms with Gasteiger partial charge in [0.1, 0.15) is 10.9 Å². The van der Waals surface area contributed by atoms with Crippen LogP contribution in [0.5, 0.6) is 0 Å². The van der Waals surface area contributed by atoms with Crippen molar-refractivity contribution < 1.29 is 9.53 Å². The Morgan fingerprint density at radius 1 is 1.26 bits per heavy atom. The van der Waals surface area contributed by atoms with E-state index in [0.717, 1.165) is 5.56 Å². The van der Waals surface area contributed by atoms with Crippen LogP contribution in [-0.4, -0.2) is 33.5 Å². The molecule has 0 saturated carbocycles. The van der Waals surface area contributed by atoms with Crippen molar-refractivity contribution in [1.29, 1.82) is 0 Å². The molecule has 0 aliphatic carbocycles. The van der Waals surface area contributed by atoms with Crippen LogP contribution in [-0.2, 0) is 9.53 Å². The minimum atomic E-state index is -0.352. The van der Waals surface area contributed by atoms with Crippen LogP contribution in [0, 0.1) is 0 Å². The van der Waals surface area contributed by atoms with Crippen LogP contribution in [0.3, 0.4) is 0 Å². The van der Waals surface area contributed by atoms with Crippen molar-refractivity contribution in [2.45, 2.75) is 17.3 Å². The number of aromatic nitrogens is 3. The van der Waals surface area contributed by atoms with Gasteiger partial charge in [0.2, 0.25) is 5.16 Å². The minimum absolute atomic E-state index is 0.305. The lowest BCUT2D eigenvalue weighted by Crippen LogP contribution is -2.15. The van der Waals surface area contributed by atoms with Gasteiger partial charge in [0.05, 0.1) is 13.3 Å². The van der Waals surface area contributed by atoms with Crippen LogP contribution in [0.1, 0.15) is 6.92 Å². The molecular weight excluding hydrogens is 262 g/mol. The zero-order valence-corrected chi connectivity index (χ0v) is 11.4. The number of thioether (sulfide) groups is 1. The monoisotopic (exact) mass is 275 g/mol. The smallest absolute Gasteiger partial charge is 0.318 e. The Morgan fingerprint density at radius 3 is 2.58 bits per heavy atom. The van der Waals surface area contributed by atoms with Crippen molar-refractivity contribution in [3.05, 3.63) is 36.5 Å². The molecule has 0 aliphatic rings. The predicted molar refractivity (Wildman–Crippen MR) is 72.6 cm³/mol. The fourth-order valence-electron chi connectivity index (χ4n) is 1.43. The van der Waals surface area contributed by atoms with Gasteiger partial charge in [-0.2, -0.15) is 0 Å². The van der Waals surface area contributed by atoms with E-state index in [2.05, 4.69) is 19.9 Å². The first kappa shape index (κ1) is 13.5. The standard InChI is InChI=1S/C13H13N3O2S/c1-9(12(17)18-2)19-13-14-8-11(15-16-13)10-6-4-3-5-7-10/h3-9H,1-2H3/t9-/m0/s1. The van der Waals surface area contributed by atoms with Gasteiger partial charge in [-0.3, -0.25) is 4.79 Å². The van der Waals surface area contributed by atoms with E-state index < -0.39 is 0 Å². The van der Waals surface area contributed by atoms with Crippen LogP contribution in [0.15, 0.2) is 41.7 Å². The van der Waals surface area contributed by atoms with E-state index >= 15 is 0 Å². The van der Waals surface area contributed by atoms with Crippen LogP contribution in [0.2, 0.25) is 0 Å². The molecular formula is C13H13N3O2S. The molecule has 1 aromatic heterocycles. The van der Waals surface area contributed by atoms with E-state index in [4.69, 9.17) is 0 Å². The Morgan fingerprint density at radius 2 is 2.00 bits per heavy atom. The molecule has 0 N–H and O–H groups in total. The van der Waals surface area contributed by atoms with Crippen molar-refractivity contribution >= 4 is 17.7 Å². The number of ether oxygens (including phenoxy) is 1. The Labute approximate surface area is 115 Å². The maximum absolute atomic E-state index is 11.3. The van der Waals surface area contributed by atoms with Crippen LogP contribution in [0.4, 0.5) is 0 Å². The van der Waals surface area contributed by atoms with Crippen molar-refractivity contribution in [2.75, 3.05) is 7.11 Å². The summed E-state index contributed by atoms with van der Waals surface area (Å²) >= 11 is 1.22. The van der Waals surface area contributed by atoms with E-state index in [9.17, 15) is 4.79 Å². The molecule has 0 fully saturated rings. The number of carbonyl (C=O) groups excluding carboxylic acids is 1. The summed E-state index contributed by atoms with van der Waals surface area (Å²) in [7, 11) is 1.36. The maximum atomic E-state index is 11.3. The highest BCUT2D eigenvalue weighted by Crippen LogP contribution is 2.21. The maximum Gasteiger partial charge on any atom is 0.318 e. The van der Waals surface area contributed by atoms with Gasteiger partial charge in [0.15, 0.2) is 0 Å². The first-order chi connectivity index (χ1) is 9.20. The minimum Gasteiger partial charge on any atom is -0.468 e. The fourth-order valence-corrected chi connectivity index (χ4v) is 2.14. The zero-order valence-electron chi connectivity index (χ0n) is 10.6. The topological polar surface area (TPSA) is 65.0 Å². The molecule has 1 atom stereocenters. The lowest BCUT2D eigenvalue weighted by atomic mass is 10.2. The summed E-state index contributed by atoms with van der Waals surface area (Å²) in [6.45, 7) is 1.74. The molecule has 0 aliphatic heterocycles. The summed E-state index contributed by atoms with van der Waals surface area (Å²) in [5.41, 5.74) is 1.66. The third-order valence-electron chi connectivity index (χ3n) is 2.43. The highest BCUT2D eigenvalue weighted by atomic mass is 32.2. The molecule has 0 radical (unpaired) electrons. The van der Waals surface area contributed by atoms with Gasteiger partial charge in [-0.05, 0) is 6.92 Å². The van der Waals surface area contributed by atoms with Crippen LogP contribution in [0.25, 0.3) is 11.3 Å². The summed E-state index contributed by atoms with van der Waals surface area (Å²) in [5.74, 6) is -0.305. The van der Waals surface area contributed by atoms with Crippen molar-refractivity contribution in [3.8, 4) is 11.3 Å². The third kappa shape index (κ3) is 3.51. The van der Waals surface area contributed by atoms with E-state index in [1.54, 1.807) is 13.1 Å². The number of benzene rings is 1. The molecule has 2 rings (SSSR count). The number of hydrogen-bond acceptors (Lipinski definition) is 6. The number of hydrogen-bond donors (Lipinski definition) is 0. The van der Waals surface area contributed by atoms with Crippen LogP contribution >= 0.6 is 11.8 Å². The number of nitrogens with zero attached hydrogens (tertiary/aromatic N) is 3. The molecule has 5 nitrogen and oxygen atoms in total. The first-order valence-corrected chi connectivity index (χ1v) is 6.58. The normalized spacial score (nSPS) is 11.9. The van der Waals surface area contributed by atoms with Gasteiger partial charge in [0.25, 0.3) is 0 Å². The molecule has 0 saturated heterocycles. The van der Waals surface area contributed by atoms with Gasteiger partial charge < -0.3 is 4.74 Å². The molecule has 0 amide bonds. The average Bonchev–Trinajstić information content (AvgIpc) is 2.48. The van der Waals surface area contributed by atoms with Crippen molar-refractivity contribution in [2.24, 2.45) is 0 Å². The lowest BCUT2D eigenvalue weighted by molar-refractivity contribution is -0.139. The number of esters is 1. The van der Waals surface area contributed by atoms with Gasteiger partial charge in [0, 0.05) is 5.56 Å². The highest BCUT2D eigenvalue weighted by Gasteiger charge is 2.16. The van der Waals surface area contributed by atoms with E-state index in [-0.39, 0.29) is 11.2 Å². The first-order valence-electron chi connectivity index (χ1n) is 5.70. The van der Waals surface area contributed by atoms with E-state index in [1.165, 1.54) is 18.9 Å². The highest BCUT2D eigenvalue weighted by molar-refractivity contribution is 8.00. The largest absolute Gasteiger partial charge is 0.468 e. The SMILES string of the molecule is COC(=O)[C@H](C)Sc1ncc(-c2ccccc2)nn1. The molecule has 1 aromatic carbocycles. The molecule has 0 unspecified atom stereocenters.